The molecule has 0 radical (unpaired) electrons. The van der Waals surface area contributed by atoms with Crippen molar-refractivity contribution in [1.29, 1.82) is 0 Å². The number of carbonyl (C=O) groups is 3. The van der Waals surface area contributed by atoms with E-state index in [1.807, 2.05) is 58.0 Å². The van der Waals surface area contributed by atoms with Gasteiger partial charge in [-0.3, -0.25) is 4.79 Å². The third-order valence-electron chi connectivity index (χ3n) is 6.70. The quantitative estimate of drug-likeness (QED) is 0.491. The normalized spacial score (nSPS) is 17.6. The van der Waals surface area contributed by atoms with Gasteiger partial charge in [-0.15, -0.1) is 0 Å². The Labute approximate surface area is 199 Å². The van der Waals surface area contributed by atoms with E-state index in [1.165, 1.54) is 6.07 Å². The van der Waals surface area contributed by atoms with Crippen LogP contribution >= 0.6 is 0 Å². The lowest BCUT2D eigenvalue weighted by molar-refractivity contribution is -0.192. The molecule has 34 heavy (non-hydrogen) atoms. The number of β-lactam (4-membered cyclic amide) rings is 1. The van der Waals surface area contributed by atoms with Crippen molar-refractivity contribution in [3.63, 3.8) is 0 Å². The van der Waals surface area contributed by atoms with Crippen molar-refractivity contribution in [3.8, 4) is 5.75 Å². The molecule has 0 spiro atoms. The van der Waals surface area contributed by atoms with Crippen LogP contribution in [0.5, 0.6) is 5.75 Å². The standard InChI is InChI=1S/C26H31FN2O5/c1-5-15-28(17(4)18-11-9-8-10-12-18)25(33)29-23(32)26(6-2,7-3)24(29)34-19-13-14-20(22(30)31)21(27)16-19/h8-14,16-17,24H,5-7,15H2,1-4H3,(H,30,31)/t17-,24+/m1/s1. The van der Waals surface area contributed by atoms with Crippen molar-refractivity contribution < 1.29 is 28.6 Å². The highest BCUT2D eigenvalue weighted by Gasteiger charge is 2.63. The number of hydrogen-bond donors (Lipinski definition) is 1. The minimum atomic E-state index is -1.39. The van der Waals surface area contributed by atoms with Gasteiger partial charge in [0.1, 0.15) is 17.0 Å². The molecule has 1 heterocycles. The summed E-state index contributed by atoms with van der Waals surface area (Å²) in [5, 5.41) is 9.08. The average Bonchev–Trinajstić information content (AvgIpc) is 2.83. The van der Waals surface area contributed by atoms with Crippen molar-refractivity contribution in [3.05, 3.63) is 65.5 Å². The molecule has 0 unspecified atom stereocenters. The second kappa shape index (κ2) is 10.2. The van der Waals surface area contributed by atoms with Gasteiger partial charge in [0.2, 0.25) is 5.91 Å². The van der Waals surface area contributed by atoms with Crippen LogP contribution in [0.2, 0.25) is 0 Å². The lowest BCUT2D eigenvalue weighted by Crippen LogP contribution is -2.74. The Morgan fingerprint density at radius 2 is 1.79 bits per heavy atom. The van der Waals surface area contributed by atoms with Crippen LogP contribution < -0.4 is 4.74 Å². The Bertz CT molecular complexity index is 1050. The van der Waals surface area contributed by atoms with Crippen LogP contribution in [0.3, 0.4) is 0 Å². The first-order chi connectivity index (χ1) is 16.2. The van der Waals surface area contributed by atoms with Crippen molar-refractivity contribution in [2.24, 2.45) is 5.41 Å². The van der Waals surface area contributed by atoms with Crippen LogP contribution in [0.15, 0.2) is 48.5 Å². The first-order valence-electron chi connectivity index (χ1n) is 11.6. The SMILES string of the molecule is CCCN(C(=O)N1C(=O)C(CC)(CC)[C@@H]1Oc1ccc(C(=O)O)c(F)c1)[C@H](C)c1ccccc1. The number of nitrogens with zero attached hydrogens (tertiary/aromatic N) is 2. The molecule has 3 amide bonds. The zero-order chi connectivity index (χ0) is 25.0. The highest BCUT2D eigenvalue weighted by Crippen LogP contribution is 2.47. The van der Waals surface area contributed by atoms with Crippen molar-refractivity contribution >= 4 is 17.9 Å². The summed E-state index contributed by atoms with van der Waals surface area (Å²) in [6.07, 6.45) is 0.647. The van der Waals surface area contributed by atoms with Gasteiger partial charge in [0.25, 0.3) is 0 Å². The van der Waals surface area contributed by atoms with Gasteiger partial charge in [-0.05, 0) is 43.9 Å². The maximum absolute atomic E-state index is 14.3. The van der Waals surface area contributed by atoms with Gasteiger partial charge in [-0.1, -0.05) is 51.1 Å². The summed E-state index contributed by atoms with van der Waals surface area (Å²) in [5.41, 5.74) is -0.461. The highest BCUT2D eigenvalue weighted by molar-refractivity contribution is 6.03. The number of amides is 3. The minimum Gasteiger partial charge on any atom is -0.478 e. The van der Waals surface area contributed by atoms with Gasteiger partial charge in [-0.25, -0.2) is 18.9 Å². The Balaban J connectivity index is 1.94. The van der Waals surface area contributed by atoms with Gasteiger partial charge in [-0.2, -0.15) is 0 Å². The molecule has 1 saturated heterocycles. The van der Waals surface area contributed by atoms with E-state index in [1.54, 1.807) is 4.90 Å². The van der Waals surface area contributed by atoms with E-state index in [0.29, 0.717) is 25.8 Å². The first-order valence-corrected chi connectivity index (χ1v) is 11.6. The van der Waals surface area contributed by atoms with Crippen LogP contribution in [0.1, 0.15) is 68.9 Å². The summed E-state index contributed by atoms with van der Waals surface area (Å²) >= 11 is 0. The number of ether oxygens (including phenoxy) is 1. The topological polar surface area (TPSA) is 87.2 Å². The lowest BCUT2D eigenvalue weighted by atomic mass is 9.72. The Morgan fingerprint density at radius 3 is 2.32 bits per heavy atom. The molecule has 2 aromatic rings. The summed E-state index contributed by atoms with van der Waals surface area (Å²) in [7, 11) is 0. The number of urea groups is 1. The molecule has 2 aromatic carbocycles. The van der Waals surface area contributed by atoms with E-state index in [2.05, 4.69) is 0 Å². The molecule has 0 saturated carbocycles. The number of likely N-dealkylation sites (tertiary alicyclic amines) is 1. The van der Waals surface area contributed by atoms with Crippen LogP contribution in [0, 0.1) is 11.2 Å². The van der Waals surface area contributed by atoms with E-state index in [0.717, 1.165) is 22.6 Å². The fraction of sp³-hybridized carbons (Fsp3) is 0.423. The molecule has 2 atom stereocenters. The molecule has 1 fully saturated rings. The van der Waals surface area contributed by atoms with Gasteiger partial charge in [0, 0.05) is 12.6 Å². The monoisotopic (exact) mass is 470 g/mol. The zero-order valence-corrected chi connectivity index (χ0v) is 20.0. The summed E-state index contributed by atoms with van der Waals surface area (Å²) in [4.78, 5) is 40.9. The van der Waals surface area contributed by atoms with Crippen LogP contribution in [0.25, 0.3) is 0 Å². The smallest absolute Gasteiger partial charge is 0.338 e. The average molecular weight is 471 g/mol. The van der Waals surface area contributed by atoms with Crippen molar-refractivity contribution in [2.45, 2.75) is 59.2 Å². The maximum Gasteiger partial charge on any atom is 0.338 e. The van der Waals surface area contributed by atoms with Crippen LogP contribution in [0.4, 0.5) is 9.18 Å². The molecule has 8 heteroatoms. The van der Waals surface area contributed by atoms with Crippen molar-refractivity contribution in [1.82, 2.24) is 9.80 Å². The lowest BCUT2D eigenvalue weighted by Gasteiger charge is -2.54. The van der Waals surface area contributed by atoms with Gasteiger partial charge in [0.15, 0.2) is 6.23 Å². The highest BCUT2D eigenvalue weighted by atomic mass is 19.1. The molecule has 0 aliphatic carbocycles. The molecular weight excluding hydrogens is 439 g/mol. The third-order valence-corrected chi connectivity index (χ3v) is 6.70. The summed E-state index contributed by atoms with van der Waals surface area (Å²) in [5.74, 6) is -2.60. The van der Waals surface area contributed by atoms with Crippen LogP contribution in [-0.2, 0) is 4.79 Å². The maximum atomic E-state index is 14.3. The molecular formula is C26H31FN2O5. The van der Waals surface area contributed by atoms with Gasteiger partial charge < -0.3 is 14.7 Å². The first kappa shape index (κ1) is 25.2. The summed E-state index contributed by atoms with van der Waals surface area (Å²) in [6, 6.07) is 12.2. The number of carboxylic acid groups (broad SMARTS) is 1. The van der Waals surface area contributed by atoms with E-state index < -0.39 is 35.0 Å². The molecule has 7 nitrogen and oxygen atoms in total. The number of benzene rings is 2. The second-order valence-corrected chi connectivity index (χ2v) is 8.52. The minimum absolute atomic E-state index is 0.0576. The fourth-order valence-electron chi connectivity index (χ4n) is 4.50. The Morgan fingerprint density at radius 1 is 1.15 bits per heavy atom. The van der Waals surface area contributed by atoms with Crippen molar-refractivity contribution in [2.75, 3.05) is 6.54 Å². The molecule has 182 valence electrons. The number of hydrogen-bond acceptors (Lipinski definition) is 4. The number of aromatic carboxylic acids is 1. The number of carbonyl (C=O) groups excluding carboxylic acids is 2. The molecule has 1 N–H and O–H groups in total. The van der Waals surface area contributed by atoms with Gasteiger partial charge >= 0.3 is 12.0 Å². The number of carboxylic acids is 1. The van der Waals surface area contributed by atoms with E-state index in [-0.39, 0.29) is 17.7 Å². The second-order valence-electron chi connectivity index (χ2n) is 8.52. The van der Waals surface area contributed by atoms with Crippen LogP contribution in [-0.4, -0.2) is 45.6 Å². The van der Waals surface area contributed by atoms with E-state index >= 15 is 0 Å². The number of imide groups is 1. The van der Waals surface area contributed by atoms with Gasteiger partial charge in [0.05, 0.1) is 11.6 Å². The number of rotatable bonds is 9. The Kier molecular flexibility index (Phi) is 7.59. The molecule has 0 aromatic heterocycles. The molecule has 1 aliphatic heterocycles. The Hall–Kier alpha value is -3.42. The van der Waals surface area contributed by atoms with E-state index in [4.69, 9.17) is 9.84 Å². The fourth-order valence-corrected chi connectivity index (χ4v) is 4.50. The zero-order valence-electron chi connectivity index (χ0n) is 20.0. The molecule has 1 aliphatic rings. The largest absolute Gasteiger partial charge is 0.478 e. The summed E-state index contributed by atoms with van der Waals surface area (Å²) < 4.78 is 20.3. The molecule has 0 bridgehead atoms. The predicted octanol–water partition coefficient (Wildman–Crippen LogP) is 5.47. The third kappa shape index (κ3) is 4.36. The number of halogens is 1. The van der Waals surface area contributed by atoms with E-state index in [9.17, 15) is 18.8 Å². The molecule has 3 rings (SSSR count). The predicted molar refractivity (Wildman–Crippen MR) is 125 cm³/mol. The summed E-state index contributed by atoms with van der Waals surface area (Å²) in [6.45, 7) is 8.02.